The molecule has 0 fully saturated rings. The molecule has 86 valence electrons. The fourth-order valence-electron chi connectivity index (χ4n) is 1.40. The van der Waals surface area contributed by atoms with Gasteiger partial charge in [-0.05, 0) is 38.0 Å². The molecule has 1 atom stereocenters. The molecule has 3 heteroatoms. The number of hydrogen-bond donors (Lipinski definition) is 1. The standard InChI is InChI=1S/C13H15BrFN/c1-3-4-7-16-10(2)8-11-5-6-12(14)9-13(11)15/h5-6,9-10,16H,7-8H2,1-2H3. The summed E-state index contributed by atoms with van der Waals surface area (Å²) < 4.78 is 14.3. The van der Waals surface area contributed by atoms with E-state index in [2.05, 4.69) is 33.1 Å². The van der Waals surface area contributed by atoms with Crippen molar-refractivity contribution in [3.63, 3.8) is 0 Å². The minimum atomic E-state index is -0.162. The highest BCUT2D eigenvalue weighted by atomic mass is 79.9. The number of hydrogen-bond acceptors (Lipinski definition) is 1. The maximum atomic E-state index is 13.5. The summed E-state index contributed by atoms with van der Waals surface area (Å²) >= 11 is 3.24. The van der Waals surface area contributed by atoms with Gasteiger partial charge < -0.3 is 5.32 Å². The first-order chi connectivity index (χ1) is 7.63. The van der Waals surface area contributed by atoms with Gasteiger partial charge in [-0.1, -0.05) is 27.9 Å². The molecule has 0 bridgehead atoms. The average molecular weight is 284 g/mol. The van der Waals surface area contributed by atoms with Gasteiger partial charge in [0.15, 0.2) is 0 Å². The third kappa shape index (κ3) is 4.34. The van der Waals surface area contributed by atoms with E-state index in [-0.39, 0.29) is 11.9 Å². The van der Waals surface area contributed by atoms with E-state index >= 15 is 0 Å². The Morgan fingerprint density at radius 1 is 1.50 bits per heavy atom. The highest BCUT2D eigenvalue weighted by molar-refractivity contribution is 9.10. The number of nitrogens with one attached hydrogen (secondary N) is 1. The van der Waals surface area contributed by atoms with E-state index in [0.717, 1.165) is 10.0 Å². The summed E-state index contributed by atoms with van der Waals surface area (Å²) in [4.78, 5) is 0. The van der Waals surface area contributed by atoms with Crippen LogP contribution in [-0.2, 0) is 6.42 Å². The zero-order valence-corrected chi connectivity index (χ0v) is 11.1. The highest BCUT2D eigenvalue weighted by Gasteiger charge is 2.07. The summed E-state index contributed by atoms with van der Waals surface area (Å²) in [5, 5.41) is 3.22. The fraction of sp³-hybridized carbons (Fsp3) is 0.385. The Labute approximate surface area is 105 Å². The minimum absolute atomic E-state index is 0.162. The molecule has 0 amide bonds. The van der Waals surface area contributed by atoms with Gasteiger partial charge in [-0.15, -0.1) is 5.92 Å². The van der Waals surface area contributed by atoms with E-state index in [1.165, 1.54) is 6.07 Å². The Bertz CT molecular complexity index is 406. The van der Waals surface area contributed by atoms with Crippen LogP contribution in [0.1, 0.15) is 19.4 Å². The molecule has 0 saturated carbocycles. The van der Waals surface area contributed by atoms with Gasteiger partial charge in [-0.3, -0.25) is 0 Å². The van der Waals surface area contributed by atoms with Gasteiger partial charge >= 0.3 is 0 Å². The summed E-state index contributed by atoms with van der Waals surface area (Å²) in [5.74, 6) is 5.58. The summed E-state index contributed by atoms with van der Waals surface area (Å²) in [5.41, 5.74) is 0.729. The molecule has 16 heavy (non-hydrogen) atoms. The Kier molecular flexibility index (Phi) is 5.51. The molecule has 0 spiro atoms. The molecule has 0 saturated heterocycles. The zero-order valence-electron chi connectivity index (χ0n) is 9.48. The molecule has 0 aliphatic heterocycles. The smallest absolute Gasteiger partial charge is 0.127 e. The largest absolute Gasteiger partial charge is 0.303 e. The van der Waals surface area contributed by atoms with E-state index in [1.807, 2.05) is 19.1 Å². The van der Waals surface area contributed by atoms with Crippen LogP contribution >= 0.6 is 15.9 Å². The molecule has 0 heterocycles. The minimum Gasteiger partial charge on any atom is -0.303 e. The Morgan fingerprint density at radius 2 is 2.25 bits per heavy atom. The van der Waals surface area contributed by atoms with Gasteiger partial charge in [0.1, 0.15) is 5.82 Å². The average Bonchev–Trinajstić information content (AvgIpc) is 2.23. The summed E-state index contributed by atoms with van der Waals surface area (Å²) in [7, 11) is 0. The third-order valence-corrected chi connectivity index (χ3v) is 2.75. The molecule has 1 N–H and O–H groups in total. The van der Waals surface area contributed by atoms with Crippen LogP contribution in [0.2, 0.25) is 0 Å². The second kappa shape index (κ2) is 6.67. The van der Waals surface area contributed by atoms with Crippen molar-refractivity contribution in [1.82, 2.24) is 5.32 Å². The van der Waals surface area contributed by atoms with Crippen LogP contribution in [0.3, 0.4) is 0 Å². The van der Waals surface area contributed by atoms with Crippen LogP contribution in [-0.4, -0.2) is 12.6 Å². The Morgan fingerprint density at radius 3 is 2.88 bits per heavy atom. The molecule has 0 radical (unpaired) electrons. The van der Waals surface area contributed by atoms with Crippen molar-refractivity contribution in [2.24, 2.45) is 0 Å². The first kappa shape index (κ1) is 13.2. The van der Waals surface area contributed by atoms with Gasteiger partial charge in [0.05, 0.1) is 6.54 Å². The molecular weight excluding hydrogens is 269 g/mol. The van der Waals surface area contributed by atoms with E-state index < -0.39 is 0 Å². The lowest BCUT2D eigenvalue weighted by molar-refractivity contribution is 0.552. The van der Waals surface area contributed by atoms with Gasteiger partial charge in [-0.2, -0.15) is 0 Å². The molecular formula is C13H15BrFN. The van der Waals surface area contributed by atoms with Crippen molar-refractivity contribution in [3.8, 4) is 11.8 Å². The molecule has 1 rings (SSSR count). The van der Waals surface area contributed by atoms with E-state index in [1.54, 1.807) is 6.92 Å². The number of halogens is 2. The molecule has 0 aliphatic carbocycles. The molecule has 1 nitrogen and oxygen atoms in total. The SMILES string of the molecule is CC#CCNC(C)Cc1ccc(Br)cc1F. The predicted molar refractivity (Wildman–Crippen MR) is 68.7 cm³/mol. The van der Waals surface area contributed by atoms with Crippen LogP contribution in [0.5, 0.6) is 0 Å². The van der Waals surface area contributed by atoms with Crippen molar-refractivity contribution >= 4 is 15.9 Å². The number of benzene rings is 1. The van der Waals surface area contributed by atoms with E-state index in [9.17, 15) is 4.39 Å². The Balaban J connectivity index is 2.54. The van der Waals surface area contributed by atoms with Crippen molar-refractivity contribution < 1.29 is 4.39 Å². The van der Waals surface area contributed by atoms with Crippen LogP contribution in [0.4, 0.5) is 4.39 Å². The maximum Gasteiger partial charge on any atom is 0.127 e. The lowest BCUT2D eigenvalue weighted by Crippen LogP contribution is -2.28. The molecule has 1 aromatic rings. The zero-order chi connectivity index (χ0) is 12.0. The van der Waals surface area contributed by atoms with Gasteiger partial charge in [0, 0.05) is 10.5 Å². The first-order valence-electron chi connectivity index (χ1n) is 5.20. The first-order valence-corrected chi connectivity index (χ1v) is 5.99. The summed E-state index contributed by atoms with van der Waals surface area (Å²) in [6.45, 7) is 4.48. The van der Waals surface area contributed by atoms with Gasteiger partial charge in [-0.25, -0.2) is 4.39 Å². The lowest BCUT2D eigenvalue weighted by atomic mass is 10.1. The molecule has 0 aromatic heterocycles. The van der Waals surface area contributed by atoms with Crippen LogP contribution in [0.15, 0.2) is 22.7 Å². The molecule has 0 aliphatic rings. The summed E-state index contributed by atoms with van der Waals surface area (Å²) in [6.07, 6.45) is 0.671. The van der Waals surface area contributed by atoms with E-state index in [4.69, 9.17) is 0 Å². The normalized spacial score (nSPS) is 11.8. The van der Waals surface area contributed by atoms with Crippen LogP contribution in [0, 0.1) is 17.7 Å². The topological polar surface area (TPSA) is 12.0 Å². The van der Waals surface area contributed by atoms with Gasteiger partial charge in [0.2, 0.25) is 0 Å². The highest BCUT2D eigenvalue weighted by Crippen LogP contribution is 2.16. The number of rotatable bonds is 4. The maximum absolute atomic E-state index is 13.5. The van der Waals surface area contributed by atoms with Crippen LogP contribution in [0.25, 0.3) is 0 Å². The third-order valence-electron chi connectivity index (χ3n) is 2.26. The monoisotopic (exact) mass is 283 g/mol. The second-order valence-corrected chi connectivity index (χ2v) is 4.56. The van der Waals surface area contributed by atoms with Crippen molar-refractivity contribution in [1.29, 1.82) is 0 Å². The predicted octanol–water partition coefficient (Wildman–Crippen LogP) is 3.13. The Hall–Kier alpha value is -0.850. The van der Waals surface area contributed by atoms with Crippen LogP contribution < -0.4 is 5.32 Å². The molecule has 1 aromatic carbocycles. The fourth-order valence-corrected chi connectivity index (χ4v) is 1.74. The quantitative estimate of drug-likeness (QED) is 0.838. The van der Waals surface area contributed by atoms with E-state index in [0.29, 0.717) is 13.0 Å². The van der Waals surface area contributed by atoms with Crippen molar-refractivity contribution in [2.45, 2.75) is 26.3 Å². The van der Waals surface area contributed by atoms with Crippen molar-refractivity contribution in [2.75, 3.05) is 6.54 Å². The summed E-state index contributed by atoms with van der Waals surface area (Å²) in [6, 6.07) is 5.38. The van der Waals surface area contributed by atoms with Gasteiger partial charge in [0.25, 0.3) is 0 Å². The second-order valence-electron chi connectivity index (χ2n) is 3.65. The molecule has 1 unspecified atom stereocenters. The van der Waals surface area contributed by atoms with Crippen molar-refractivity contribution in [3.05, 3.63) is 34.1 Å². The lowest BCUT2D eigenvalue weighted by Gasteiger charge is -2.12.